The largest absolute Gasteiger partial charge is 0.338 e. The lowest BCUT2D eigenvalue weighted by molar-refractivity contribution is -0.136. The van der Waals surface area contributed by atoms with Crippen molar-refractivity contribution in [2.75, 3.05) is 26.2 Å². The van der Waals surface area contributed by atoms with Crippen LogP contribution in [0.3, 0.4) is 0 Å². The van der Waals surface area contributed by atoms with E-state index >= 15 is 0 Å². The van der Waals surface area contributed by atoms with Gasteiger partial charge in [-0.25, -0.2) is 0 Å². The van der Waals surface area contributed by atoms with E-state index in [2.05, 4.69) is 34.8 Å². The minimum absolute atomic E-state index is 0.122. The third-order valence-electron chi connectivity index (χ3n) is 6.05. The molecule has 0 N–H and O–H groups in total. The highest BCUT2D eigenvalue weighted by molar-refractivity contribution is 5.77. The molecule has 5 heteroatoms. The first-order valence-corrected chi connectivity index (χ1v) is 10.6. The minimum atomic E-state index is 0.122. The van der Waals surface area contributed by atoms with Gasteiger partial charge in [0, 0.05) is 31.2 Å². The molecule has 2 aliphatic rings. The van der Waals surface area contributed by atoms with Gasteiger partial charge in [-0.1, -0.05) is 12.8 Å². The Bertz CT molecular complexity index is 589. The number of hydrogen-bond donors (Lipinski definition) is 0. The van der Waals surface area contributed by atoms with Crippen LogP contribution in [-0.2, 0) is 4.79 Å². The van der Waals surface area contributed by atoms with Crippen LogP contribution in [0.2, 0.25) is 0 Å². The Morgan fingerprint density at radius 2 is 1.81 bits per heavy atom. The summed E-state index contributed by atoms with van der Waals surface area (Å²) in [6.45, 7) is 10.6. The predicted molar refractivity (Wildman–Crippen MR) is 105 cm³/mol. The van der Waals surface area contributed by atoms with E-state index in [0.717, 1.165) is 37.3 Å². The quantitative estimate of drug-likeness (QED) is 0.804. The molecule has 0 spiro atoms. The molecule has 1 aromatic rings. The van der Waals surface area contributed by atoms with Crippen LogP contribution in [0.4, 0.5) is 0 Å². The van der Waals surface area contributed by atoms with Crippen molar-refractivity contribution in [2.45, 2.75) is 84.2 Å². The van der Waals surface area contributed by atoms with Crippen molar-refractivity contribution >= 4 is 5.91 Å². The summed E-state index contributed by atoms with van der Waals surface area (Å²) >= 11 is 0. The molecule has 0 saturated carbocycles. The van der Waals surface area contributed by atoms with Gasteiger partial charge >= 0.3 is 0 Å². The first-order chi connectivity index (χ1) is 12.5. The maximum atomic E-state index is 13.1. The third-order valence-corrected chi connectivity index (χ3v) is 6.05. The van der Waals surface area contributed by atoms with E-state index in [9.17, 15) is 4.79 Å². The summed E-state index contributed by atoms with van der Waals surface area (Å²) in [7, 11) is 0. The van der Waals surface area contributed by atoms with Gasteiger partial charge in [0.25, 0.3) is 0 Å². The van der Waals surface area contributed by atoms with Crippen molar-refractivity contribution in [1.29, 1.82) is 0 Å². The molecule has 1 aromatic heterocycles. The van der Waals surface area contributed by atoms with Crippen molar-refractivity contribution in [3.8, 4) is 0 Å². The van der Waals surface area contributed by atoms with Crippen LogP contribution in [0.1, 0.15) is 75.7 Å². The predicted octanol–water partition coefficient (Wildman–Crippen LogP) is 3.71. The van der Waals surface area contributed by atoms with Crippen LogP contribution in [0, 0.1) is 13.8 Å². The second-order valence-electron chi connectivity index (χ2n) is 8.38. The van der Waals surface area contributed by atoms with Crippen LogP contribution in [0.25, 0.3) is 0 Å². The smallest absolute Gasteiger partial charge is 0.225 e. The van der Waals surface area contributed by atoms with E-state index in [1.54, 1.807) is 0 Å². The Kier molecular flexibility index (Phi) is 6.74. The topological polar surface area (TPSA) is 41.4 Å². The number of piperidine rings is 1. The summed E-state index contributed by atoms with van der Waals surface area (Å²) in [5.74, 6) is 0.310. The molecule has 5 nitrogen and oxygen atoms in total. The lowest BCUT2D eigenvalue weighted by Crippen LogP contribution is -2.50. The molecule has 146 valence electrons. The molecular weight excluding hydrogens is 324 g/mol. The van der Waals surface area contributed by atoms with Crippen molar-refractivity contribution in [3.05, 3.63) is 17.5 Å². The zero-order chi connectivity index (χ0) is 18.5. The molecule has 0 bridgehead atoms. The molecule has 1 amide bonds. The molecule has 0 aromatic carbocycles. The van der Waals surface area contributed by atoms with Crippen molar-refractivity contribution in [3.63, 3.8) is 0 Å². The number of amides is 1. The van der Waals surface area contributed by atoms with E-state index in [-0.39, 0.29) is 6.04 Å². The van der Waals surface area contributed by atoms with Crippen LogP contribution in [0.5, 0.6) is 0 Å². The monoisotopic (exact) mass is 360 g/mol. The first-order valence-electron chi connectivity index (χ1n) is 10.6. The summed E-state index contributed by atoms with van der Waals surface area (Å²) in [5.41, 5.74) is 2.17. The van der Waals surface area contributed by atoms with E-state index in [1.165, 1.54) is 45.2 Å². The van der Waals surface area contributed by atoms with Crippen molar-refractivity contribution < 1.29 is 4.79 Å². The fourth-order valence-corrected chi connectivity index (χ4v) is 4.68. The van der Waals surface area contributed by atoms with Gasteiger partial charge in [-0.2, -0.15) is 5.10 Å². The molecule has 2 fully saturated rings. The highest BCUT2D eigenvalue weighted by Crippen LogP contribution is 2.23. The number of aromatic nitrogens is 2. The Morgan fingerprint density at radius 3 is 2.46 bits per heavy atom. The van der Waals surface area contributed by atoms with E-state index < -0.39 is 0 Å². The maximum Gasteiger partial charge on any atom is 0.225 e. The average Bonchev–Trinajstić information content (AvgIpc) is 2.81. The summed E-state index contributed by atoms with van der Waals surface area (Å²) in [6.07, 6.45) is 9.49. The summed E-state index contributed by atoms with van der Waals surface area (Å²) in [6, 6.07) is 2.61. The van der Waals surface area contributed by atoms with Gasteiger partial charge < -0.3 is 9.80 Å². The summed E-state index contributed by atoms with van der Waals surface area (Å²) in [4.78, 5) is 17.9. The Morgan fingerprint density at radius 1 is 1.12 bits per heavy atom. The Labute approximate surface area is 158 Å². The maximum absolute atomic E-state index is 13.1. The first kappa shape index (κ1) is 19.4. The zero-order valence-corrected chi connectivity index (χ0v) is 16.9. The normalized spacial score (nSPS) is 23.7. The van der Waals surface area contributed by atoms with Crippen LogP contribution in [0.15, 0.2) is 6.07 Å². The fraction of sp³-hybridized carbons (Fsp3) is 0.810. The summed E-state index contributed by atoms with van der Waals surface area (Å²) in [5, 5.41) is 4.57. The lowest BCUT2D eigenvalue weighted by Gasteiger charge is -2.39. The Hall–Kier alpha value is -1.36. The van der Waals surface area contributed by atoms with E-state index in [4.69, 9.17) is 0 Å². The van der Waals surface area contributed by atoms with Gasteiger partial charge in [0.15, 0.2) is 0 Å². The highest BCUT2D eigenvalue weighted by atomic mass is 16.2. The molecule has 3 heterocycles. The van der Waals surface area contributed by atoms with Gasteiger partial charge in [0.2, 0.25) is 5.91 Å². The van der Waals surface area contributed by atoms with Crippen LogP contribution >= 0.6 is 0 Å². The van der Waals surface area contributed by atoms with E-state index in [0.29, 0.717) is 18.4 Å². The summed E-state index contributed by atoms with van der Waals surface area (Å²) < 4.78 is 2.01. The average molecular weight is 361 g/mol. The number of hydrogen-bond acceptors (Lipinski definition) is 3. The van der Waals surface area contributed by atoms with Crippen molar-refractivity contribution in [2.24, 2.45) is 0 Å². The molecule has 26 heavy (non-hydrogen) atoms. The van der Waals surface area contributed by atoms with E-state index in [1.807, 2.05) is 11.6 Å². The van der Waals surface area contributed by atoms with Gasteiger partial charge in [-0.3, -0.25) is 9.48 Å². The second-order valence-corrected chi connectivity index (χ2v) is 8.38. The van der Waals surface area contributed by atoms with Crippen LogP contribution in [-0.4, -0.2) is 57.7 Å². The molecule has 2 aliphatic heterocycles. The van der Waals surface area contributed by atoms with Crippen LogP contribution < -0.4 is 0 Å². The Balaban J connectivity index is 1.60. The number of rotatable bonds is 5. The number of carbonyl (C=O) groups excluding carboxylic acids is 1. The lowest BCUT2D eigenvalue weighted by atomic mass is 10.00. The number of carbonyl (C=O) groups is 1. The molecular formula is C21H36N4O. The third kappa shape index (κ3) is 4.87. The molecule has 2 unspecified atom stereocenters. The second kappa shape index (κ2) is 9.03. The van der Waals surface area contributed by atoms with Gasteiger partial charge in [0.05, 0.1) is 11.7 Å². The number of aryl methyl sites for hydroxylation is 2. The molecule has 3 rings (SSSR count). The zero-order valence-electron chi connectivity index (χ0n) is 16.9. The number of likely N-dealkylation sites (tertiary alicyclic amines) is 2. The minimum Gasteiger partial charge on any atom is -0.338 e. The van der Waals surface area contributed by atoms with Gasteiger partial charge in [-0.05, 0) is 72.0 Å². The fourth-order valence-electron chi connectivity index (χ4n) is 4.68. The molecule has 2 atom stereocenters. The number of nitrogens with zero attached hydrogens (tertiary/aromatic N) is 4. The SMILES string of the molecule is Cc1cc(C)n(C(C)CC(=O)N2CCCCC2CN2CCCCCC2)n1. The van der Waals surface area contributed by atoms with Gasteiger partial charge in [-0.15, -0.1) is 0 Å². The molecule has 0 aliphatic carbocycles. The van der Waals surface area contributed by atoms with Gasteiger partial charge in [0.1, 0.15) is 0 Å². The molecule has 2 saturated heterocycles. The molecule has 0 radical (unpaired) electrons. The highest BCUT2D eigenvalue weighted by Gasteiger charge is 2.29. The standard InChI is InChI=1S/C21H36N4O/c1-17-14-18(2)25(22-17)19(3)15-21(26)24-13-9-6-10-20(24)16-23-11-7-4-5-8-12-23/h14,19-20H,4-13,15-16H2,1-3H3. The van der Waals surface area contributed by atoms with Crippen molar-refractivity contribution in [1.82, 2.24) is 19.6 Å².